The van der Waals surface area contributed by atoms with E-state index in [0.29, 0.717) is 13.2 Å². The molecule has 0 unspecified atom stereocenters. The lowest BCUT2D eigenvalue weighted by atomic mass is 10.0. The molecule has 1 aromatic carbocycles. The van der Waals surface area contributed by atoms with E-state index in [-0.39, 0.29) is 5.56 Å². The van der Waals surface area contributed by atoms with Crippen LogP contribution in [-0.2, 0) is 6.54 Å². The molecule has 0 atom stereocenters. The van der Waals surface area contributed by atoms with Crippen LogP contribution >= 0.6 is 22.6 Å². The van der Waals surface area contributed by atoms with Crippen molar-refractivity contribution in [1.82, 2.24) is 4.57 Å². The molecule has 0 saturated heterocycles. The van der Waals surface area contributed by atoms with Crippen LogP contribution in [0, 0.1) is 10.5 Å². The molecule has 0 aliphatic heterocycles. The van der Waals surface area contributed by atoms with Crippen molar-refractivity contribution >= 4 is 22.6 Å². The quantitative estimate of drug-likeness (QED) is 0.752. The van der Waals surface area contributed by atoms with Crippen molar-refractivity contribution in [3.05, 3.63) is 49.8 Å². The van der Waals surface area contributed by atoms with Gasteiger partial charge in [0.15, 0.2) is 0 Å². The maximum absolute atomic E-state index is 12.2. The highest BCUT2D eigenvalue weighted by Gasteiger charge is 2.10. The van der Waals surface area contributed by atoms with Gasteiger partial charge in [-0.15, -0.1) is 0 Å². The van der Waals surface area contributed by atoms with Crippen LogP contribution in [0.2, 0.25) is 0 Å². The van der Waals surface area contributed by atoms with Crippen LogP contribution in [0.25, 0.3) is 11.3 Å². The number of pyridine rings is 1. The number of aromatic nitrogens is 1. The summed E-state index contributed by atoms with van der Waals surface area (Å²) in [4.78, 5) is 12.2. The Morgan fingerprint density at radius 1 is 1.20 bits per heavy atom. The molecule has 0 N–H and O–H groups in total. The van der Waals surface area contributed by atoms with Crippen molar-refractivity contribution in [1.29, 1.82) is 0 Å². The second-order valence-corrected chi connectivity index (χ2v) is 5.69. The Morgan fingerprint density at radius 2 is 1.95 bits per heavy atom. The molecule has 2 rings (SSSR count). The minimum absolute atomic E-state index is 0.0684. The van der Waals surface area contributed by atoms with Gasteiger partial charge in [-0.05, 0) is 79.3 Å². The average Bonchev–Trinajstić information content (AvgIpc) is 2.43. The van der Waals surface area contributed by atoms with Gasteiger partial charge in [0.05, 0.1) is 15.9 Å². The standard InChI is InChI=1S/C16H18INO2/c1-4-18-15(9-8-14(17)16(18)19)13-7-6-12(20-5-2)10-11(13)3/h6-10H,4-5H2,1-3H3. The molecule has 0 aliphatic carbocycles. The number of aryl methyl sites for hydroxylation is 1. The van der Waals surface area contributed by atoms with Crippen LogP contribution in [0.3, 0.4) is 0 Å². The van der Waals surface area contributed by atoms with Gasteiger partial charge in [0.25, 0.3) is 5.56 Å². The highest BCUT2D eigenvalue weighted by Crippen LogP contribution is 2.26. The molecule has 0 amide bonds. The average molecular weight is 383 g/mol. The van der Waals surface area contributed by atoms with Gasteiger partial charge in [0.2, 0.25) is 0 Å². The predicted octanol–water partition coefficient (Wildman–Crippen LogP) is 3.85. The monoisotopic (exact) mass is 383 g/mol. The zero-order valence-electron chi connectivity index (χ0n) is 11.9. The van der Waals surface area contributed by atoms with E-state index >= 15 is 0 Å². The summed E-state index contributed by atoms with van der Waals surface area (Å²) in [6.07, 6.45) is 0. The van der Waals surface area contributed by atoms with Crippen LogP contribution < -0.4 is 10.3 Å². The first-order valence-corrected chi connectivity index (χ1v) is 7.79. The van der Waals surface area contributed by atoms with Crippen LogP contribution in [0.5, 0.6) is 5.75 Å². The first-order valence-electron chi connectivity index (χ1n) is 6.71. The lowest BCUT2D eigenvalue weighted by Gasteiger charge is -2.14. The minimum atomic E-state index is 0.0684. The SMILES string of the molecule is CCOc1ccc(-c2ccc(I)c(=O)n2CC)c(C)c1. The smallest absolute Gasteiger partial charge is 0.264 e. The summed E-state index contributed by atoms with van der Waals surface area (Å²) in [7, 11) is 0. The summed E-state index contributed by atoms with van der Waals surface area (Å²) in [5.41, 5.74) is 3.21. The Kier molecular flexibility index (Phi) is 4.86. The largest absolute Gasteiger partial charge is 0.494 e. The summed E-state index contributed by atoms with van der Waals surface area (Å²) in [6.45, 7) is 7.32. The van der Waals surface area contributed by atoms with Crippen molar-refractivity contribution in [2.24, 2.45) is 0 Å². The number of hydrogen-bond acceptors (Lipinski definition) is 2. The summed E-state index contributed by atoms with van der Waals surface area (Å²) in [5.74, 6) is 0.865. The van der Waals surface area contributed by atoms with Gasteiger partial charge in [-0.3, -0.25) is 4.79 Å². The summed E-state index contributed by atoms with van der Waals surface area (Å²) < 4.78 is 8.06. The molecule has 106 valence electrons. The molecule has 0 bridgehead atoms. The number of hydrogen-bond donors (Lipinski definition) is 0. The molecule has 20 heavy (non-hydrogen) atoms. The third-order valence-electron chi connectivity index (χ3n) is 3.23. The molecule has 1 heterocycles. The van der Waals surface area contributed by atoms with E-state index in [1.54, 1.807) is 0 Å². The zero-order valence-corrected chi connectivity index (χ0v) is 14.1. The second kappa shape index (κ2) is 6.43. The van der Waals surface area contributed by atoms with Crippen molar-refractivity contribution < 1.29 is 4.74 Å². The van der Waals surface area contributed by atoms with E-state index < -0.39 is 0 Å². The third kappa shape index (κ3) is 2.90. The maximum Gasteiger partial charge on any atom is 0.264 e. The molecule has 0 radical (unpaired) electrons. The van der Waals surface area contributed by atoms with Crippen LogP contribution in [0.1, 0.15) is 19.4 Å². The number of ether oxygens (including phenoxy) is 1. The van der Waals surface area contributed by atoms with Gasteiger partial charge in [-0.2, -0.15) is 0 Å². The molecule has 2 aromatic rings. The van der Waals surface area contributed by atoms with E-state index in [1.807, 2.05) is 55.7 Å². The fourth-order valence-corrected chi connectivity index (χ4v) is 2.75. The topological polar surface area (TPSA) is 31.2 Å². The van der Waals surface area contributed by atoms with Gasteiger partial charge < -0.3 is 9.30 Å². The molecule has 0 spiro atoms. The number of halogens is 1. The highest BCUT2D eigenvalue weighted by molar-refractivity contribution is 14.1. The summed E-state index contributed by atoms with van der Waals surface area (Å²) >= 11 is 2.08. The second-order valence-electron chi connectivity index (χ2n) is 4.53. The van der Waals surface area contributed by atoms with Crippen molar-refractivity contribution in [2.45, 2.75) is 27.3 Å². The van der Waals surface area contributed by atoms with Gasteiger partial charge in [-0.25, -0.2) is 0 Å². The Hall–Kier alpha value is -1.30. The van der Waals surface area contributed by atoms with Crippen molar-refractivity contribution in [3.8, 4) is 17.0 Å². The summed E-state index contributed by atoms with van der Waals surface area (Å²) in [5, 5.41) is 0. The Morgan fingerprint density at radius 3 is 2.55 bits per heavy atom. The van der Waals surface area contributed by atoms with Crippen LogP contribution in [0.15, 0.2) is 35.1 Å². The third-order valence-corrected chi connectivity index (χ3v) is 4.05. The molecule has 0 fully saturated rings. The first kappa shape index (κ1) is 15.1. The van der Waals surface area contributed by atoms with Crippen LogP contribution in [0.4, 0.5) is 0 Å². The van der Waals surface area contributed by atoms with E-state index in [2.05, 4.69) is 22.6 Å². The summed E-state index contributed by atoms with van der Waals surface area (Å²) in [6, 6.07) is 9.87. The molecular weight excluding hydrogens is 365 g/mol. The van der Waals surface area contributed by atoms with E-state index in [0.717, 1.165) is 26.1 Å². The van der Waals surface area contributed by atoms with Gasteiger partial charge in [0.1, 0.15) is 5.75 Å². The number of benzene rings is 1. The number of rotatable bonds is 4. The predicted molar refractivity (Wildman–Crippen MR) is 90.4 cm³/mol. The van der Waals surface area contributed by atoms with Gasteiger partial charge in [-0.1, -0.05) is 0 Å². The Labute approximate surface area is 132 Å². The molecule has 3 nitrogen and oxygen atoms in total. The normalized spacial score (nSPS) is 10.6. The van der Waals surface area contributed by atoms with Gasteiger partial charge >= 0.3 is 0 Å². The van der Waals surface area contributed by atoms with Gasteiger partial charge in [0, 0.05) is 12.1 Å². The Bertz CT molecular complexity index is 677. The molecular formula is C16H18INO2. The molecule has 4 heteroatoms. The maximum atomic E-state index is 12.2. The fourth-order valence-electron chi connectivity index (χ4n) is 2.28. The van der Waals surface area contributed by atoms with E-state index in [9.17, 15) is 4.79 Å². The number of nitrogens with zero attached hydrogens (tertiary/aromatic N) is 1. The van der Waals surface area contributed by atoms with Crippen molar-refractivity contribution in [2.75, 3.05) is 6.61 Å². The molecule has 0 saturated carbocycles. The first-order chi connectivity index (χ1) is 9.58. The van der Waals surface area contributed by atoms with E-state index in [1.165, 1.54) is 0 Å². The van der Waals surface area contributed by atoms with Crippen LogP contribution in [-0.4, -0.2) is 11.2 Å². The van der Waals surface area contributed by atoms with E-state index in [4.69, 9.17) is 4.74 Å². The lowest BCUT2D eigenvalue weighted by Crippen LogP contribution is -2.23. The minimum Gasteiger partial charge on any atom is -0.494 e. The van der Waals surface area contributed by atoms with Crippen molar-refractivity contribution in [3.63, 3.8) is 0 Å². The lowest BCUT2D eigenvalue weighted by molar-refractivity contribution is 0.340. The highest BCUT2D eigenvalue weighted by atomic mass is 127. The molecule has 1 aromatic heterocycles. The fraction of sp³-hybridized carbons (Fsp3) is 0.312. The molecule has 0 aliphatic rings. The Balaban J connectivity index is 2.57. The zero-order chi connectivity index (χ0) is 14.7.